The second-order valence-corrected chi connectivity index (χ2v) is 6.08. The summed E-state index contributed by atoms with van der Waals surface area (Å²) in [5.74, 6) is 0.999. The molecule has 0 saturated heterocycles. The highest BCUT2D eigenvalue weighted by atomic mass is 16.3. The molecule has 1 aromatic heterocycles. The lowest BCUT2D eigenvalue weighted by Crippen LogP contribution is -2.37. The molecule has 1 unspecified atom stereocenters. The van der Waals surface area contributed by atoms with Crippen LogP contribution in [0.3, 0.4) is 0 Å². The summed E-state index contributed by atoms with van der Waals surface area (Å²) in [4.78, 5) is 0. The van der Waals surface area contributed by atoms with Crippen LogP contribution < -0.4 is 5.32 Å². The van der Waals surface area contributed by atoms with E-state index < -0.39 is 0 Å². The zero-order chi connectivity index (χ0) is 13.3. The van der Waals surface area contributed by atoms with E-state index in [4.69, 9.17) is 4.42 Å². The number of nitrogens with one attached hydrogen (secondary N) is 1. The number of furan rings is 1. The highest BCUT2D eigenvalue weighted by Crippen LogP contribution is 2.43. The maximum absolute atomic E-state index is 5.42. The highest BCUT2D eigenvalue weighted by Gasteiger charge is 2.35. The Labute approximate surface area is 114 Å². The van der Waals surface area contributed by atoms with Crippen LogP contribution in [0.2, 0.25) is 0 Å². The molecule has 1 heterocycles. The van der Waals surface area contributed by atoms with E-state index in [0.717, 1.165) is 12.3 Å². The van der Waals surface area contributed by atoms with E-state index in [-0.39, 0.29) is 5.41 Å². The Balaban J connectivity index is 1.84. The molecule has 0 spiro atoms. The molecular weight excluding hydrogens is 234 g/mol. The fraction of sp³-hybridized carbons (Fsp3) is 0.412. The van der Waals surface area contributed by atoms with E-state index in [1.807, 2.05) is 12.1 Å². The van der Waals surface area contributed by atoms with E-state index in [1.54, 1.807) is 6.26 Å². The van der Waals surface area contributed by atoms with Crippen LogP contribution in [0.4, 0.5) is 0 Å². The summed E-state index contributed by atoms with van der Waals surface area (Å²) < 4.78 is 5.42. The summed E-state index contributed by atoms with van der Waals surface area (Å²) in [5.41, 5.74) is 3.21. The normalized spacial score (nSPS) is 21.1. The molecule has 2 nitrogen and oxygen atoms in total. The molecule has 1 aliphatic rings. The molecular formula is C17H21NO. The molecule has 2 aromatic rings. The Morgan fingerprint density at radius 1 is 1.21 bits per heavy atom. The predicted octanol–water partition coefficient (Wildman–Crippen LogP) is 4.08. The van der Waals surface area contributed by atoms with Gasteiger partial charge < -0.3 is 9.73 Å². The zero-order valence-corrected chi connectivity index (χ0v) is 11.6. The van der Waals surface area contributed by atoms with Gasteiger partial charge in [-0.25, -0.2) is 0 Å². The molecule has 3 rings (SSSR count). The number of benzene rings is 1. The standard InChI is InChI=1S/C17H21NO/c1-17(2)10-9-13-6-3-4-8-15(13)16(17)18-12-14-7-5-11-19-14/h3-8,11,16,18H,9-10,12H2,1-2H3. The third-order valence-corrected chi connectivity index (χ3v) is 4.25. The van der Waals surface area contributed by atoms with Crippen molar-refractivity contribution in [2.45, 2.75) is 39.3 Å². The lowest BCUT2D eigenvalue weighted by molar-refractivity contribution is 0.204. The van der Waals surface area contributed by atoms with Gasteiger partial charge in [-0.2, -0.15) is 0 Å². The first-order chi connectivity index (χ1) is 9.17. The number of hydrogen-bond donors (Lipinski definition) is 1. The smallest absolute Gasteiger partial charge is 0.117 e. The molecule has 0 aliphatic heterocycles. The molecule has 1 atom stereocenters. The van der Waals surface area contributed by atoms with Gasteiger partial charge in [0.2, 0.25) is 0 Å². The number of aryl methyl sites for hydroxylation is 1. The van der Waals surface area contributed by atoms with Gasteiger partial charge in [0.25, 0.3) is 0 Å². The largest absolute Gasteiger partial charge is 0.468 e. The first-order valence-electron chi connectivity index (χ1n) is 7.00. The van der Waals surface area contributed by atoms with E-state index in [9.17, 15) is 0 Å². The predicted molar refractivity (Wildman–Crippen MR) is 76.8 cm³/mol. The third kappa shape index (κ3) is 2.45. The molecule has 0 saturated carbocycles. The fourth-order valence-corrected chi connectivity index (χ4v) is 3.07. The van der Waals surface area contributed by atoms with Gasteiger partial charge in [-0.05, 0) is 41.5 Å². The van der Waals surface area contributed by atoms with Crippen molar-refractivity contribution in [2.75, 3.05) is 0 Å². The quantitative estimate of drug-likeness (QED) is 0.894. The van der Waals surface area contributed by atoms with Gasteiger partial charge in [-0.3, -0.25) is 0 Å². The third-order valence-electron chi connectivity index (χ3n) is 4.25. The van der Waals surface area contributed by atoms with Gasteiger partial charge in [0.1, 0.15) is 5.76 Å². The van der Waals surface area contributed by atoms with Gasteiger partial charge in [-0.1, -0.05) is 38.1 Å². The van der Waals surface area contributed by atoms with Crippen molar-refractivity contribution in [3.8, 4) is 0 Å². The lowest BCUT2D eigenvalue weighted by atomic mass is 9.70. The van der Waals surface area contributed by atoms with Crippen LogP contribution in [-0.4, -0.2) is 0 Å². The minimum absolute atomic E-state index is 0.279. The second-order valence-electron chi connectivity index (χ2n) is 6.08. The van der Waals surface area contributed by atoms with Crippen LogP contribution in [0, 0.1) is 5.41 Å². The van der Waals surface area contributed by atoms with Crippen molar-refractivity contribution in [3.63, 3.8) is 0 Å². The van der Waals surface area contributed by atoms with Crippen LogP contribution in [-0.2, 0) is 13.0 Å². The molecule has 1 N–H and O–H groups in total. The first-order valence-corrected chi connectivity index (χ1v) is 7.00. The van der Waals surface area contributed by atoms with Crippen molar-refractivity contribution in [1.82, 2.24) is 5.32 Å². The molecule has 1 aromatic carbocycles. The molecule has 100 valence electrons. The Morgan fingerprint density at radius 3 is 2.84 bits per heavy atom. The number of rotatable bonds is 3. The van der Waals surface area contributed by atoms with Crippen LogP contribution >= 0.6 is 0 Å². The van der Waals surface area contributed by atoms with Gasteiger partial charge in [-0.15, -0.1) is 0 Å². The van der Waals surface area contributed by atoms with Gasteiger partial charge in [0, 0.05) is 6.04 Å². The average Bonchev–Trinajstić information content (AvgIpc) is 2.90. The average molecular weight is 255 g/mol. The summed E-state index contributed by atoms with van der Waals surface area (Å²) in [5, 5.41) is 3.68. The molecule has 19 heavy (non-hydrogen) atoms. The lowest BCUT2D eigenvalue weighted by Gasteiger charge is -2.40. The molecule has 2 heteroatoms. The van der Waals surface area contributed by atoms with Crippen LogP contribution in [0.1, 0.15) is 43.2 Å². The SMILES string of the molecule is CC1(C)CCc2ccccc2C1NCc1ccco1. The summed E-state index contributed by atoms with van der Waals surface area (Å²) >= 11 is 0. The molecule has 0 bridgehead atoms. The molecule has 0 amide bonds. The topological polar surface area (TPSA) is 25.2 Å². The maximum atomic E-state index is 5.42. The van der Waals surface area contributed by atoms with Crippen molar-refractivity contribution < 1.29 is 4.42 Å². The van der Waals surface area contributed by atoms with Crippen LogP contribution in [0.15, 0.2) is 47.1 Å². The molecule has 0 radical (unpaired) electrons. The van der Waals surface area contributed by atoms with Gasteiger partial charge >= 0.3 is 0 Å². The zero-order valence-electron chi connectivity index (χ0n) is 11.6. The summed E-state index contributed by atoms with van der Waals surface area (Å²) in [7, 11) is 0. The summed E-state index contributed by atoms with van der Waals surface area (Å²) in [6.07, 6.45) is 4.14. The molecule has 1 aliphatic carbocycles. The number of hydrogen-bond acceptors (Lipinski definition) is 2. The van der Waals surface area contributed by atoms with Crippen molar-refractivity contribution in [2.24, 2.45) is 5.41 Å². The Bertz CT molecular complexity index is 542. The van der Waals surface area contributed by atoms with Crippen molar-refractivity contribution in [1.29, 1.82) is 0 Å². The Kier molecular flexibility index (Phi) is 3.19. The van der Waals surface area contributed by atoms with Crippen LogP contribution in [0.25, 0.3) is 0 Å². The van der Waals surface area contributed by atoms with Crippen molar-refractivity contribution in [3.05, 3.63) is 59.5 Å². The van der Waals surface area contributed by atoms with Gasteiger partial charge in [0.15, 0.2) is 0 Å². The summed E-state index contributed by atoms with van der Waals surface area (Å²) in [6.45, 7) is 5.49. The van der Waals surface area contributed by atoms with Gasteiger partial charge in [0.05, 0.1) is 12.8 Å². The maximum Gasteiger partial charge on any atom is 0.117 e. The minimum atomic E-state index is 0.279. The molecule has 0 fully saturated rings. The monoisotopic (exact) mass is 255 g/mol. The minimum Gasteiger partial charge on any atom is -0.468 e. The van der Waals surface area contributed by atoms with Crippen molar-refractivity contribution >= 4 is 0 Å². The number of fused-ring (bicyclic) bond motifs is 1. The highest BCUT2D eigenvalue weighted by molar-refractivity contribution is 5.34. The fourth-order valence-electron chi connectivity index (χ4n) is 3.07. The van der Waals surface area contributed by atoms with E-state index in [1.165, 1.54) is 24.0 Å². The summed E-state index contributed by atoms with van der Waals surface area (Å²) in [6, 6.07) is 13.2. The van der Waals surface area contributed by atoms with Crippen LogP contribution in [0.5, 0.6) is 0 Å². The van der Waals surface area contributed by atoms with E-state index in [2.05, 4.69) is 43.4 Å². The van der Waals surface area contributed by atoms with E-state index in [0.29, 0.717) is 6.04 Å². The Hall–Kier alpha value is -1.54. The first kappa shape index (κ1) is 12.5. The Morgan fingerprint density at radius 2 is 2.05 bits per heavy atom. The second kappa shape index (κ2) is 4.86. The van der Waals surface area contributed by atoms with E-state index >= 15 is 0 Å².